The Hall–Kier alpha value is 0.270. The van der Waals surface area contributed by atoms with Gasteiger partial charge in [-0.2, -0.15) is 11.8 Å². The monoisotopic (exact) mass is 229 g/mol. The van der Waals surface area contributed by atoms with Crippen molar-refractivity contribution >= 4 is 11.8 Å². The molecular formula is C12H23NOS. The predicted octanol–water partition coefficient (Wildman–Crippen LogP) is 2.02. The molecule has 3 heteroatoms. The summed E-state index contributed by atoms with van der Waals surface area (Å²) in [5.41, 5.74) is 0. The quantitative estimate of drug-likeness (QED) is 0.708. The Morgan fingerprint density at radius 1 is 1.27 bits per heavy atom. The molecule has 3 unspecified atom stereocenters. The third-order valence-corrected chi connectivity index (χ3v) is 4.90. The first kappa shape index (κ1) is 11.7. The molecule has 0 amide bonds. The lowest BCUT2D eigenvalue weighted by Crippen LogP contribution is -2.30. The highest BCUT2D eigenvalue weighted by Crippen LogP contribution is 2.29. The third-order valence-electron chi connectivity index (χ3n) is 3.73. The molecule has 2 rings (SSSR count). The number of thioether (sulfide) groups is 1. The van der Waals surface area contributed by atoms with Crippen molar-refractivity contribution in [2.24, 2.45) is 5.92 Å². The smallest absolute Gasteiger partial charge is 0.0568 e. The van der Waals surface area contributed by atoms with Crippen LogP contribution in [-0.2, 0) is 0 Å². The standard InChI is InChI=1S/C12H23NOS/c14-12-5-1-3-10(12)4-2-7-13-11-6-8-15-9-11/h10-14H,1-9H2. The van der Waals surface area contributed by atoms with Gasteiger partial charge >= 0.3 is 0 Å². The van der Waals surface area contributed by atoms with Gasteiger partial charge in [0.2, 0.25) is 0 Å². The van der Waals surface area contributed by atoms with E-state index in [9.17, 15) is 5.11 Å². The van der Waals surface area contributed by atoms with Crippen molar-refractivity contribution in [1.82, 2.24) is 5.32 Å². The molecule has 0 radical (unpaired) electrons. The lowest BCUT2D eigenvalue weighted by Gasteiger charge is -2.15. The van der Waals surface area contributed by atoms with Gasteiger partial charge in [-0.15, -0.1) is 0 Å². The van der Waals surface area contributed by atoms with Crippen molar-refractivity contribution in [3.05, 3.63) is 0 Å². The number of hydrogen-bond donors (Lipinski definition) is 2. The normalized spacial score (nSPS) is 36.2. The van der Waals surface area contributed by atoms with Crippen LogP contribution in [0, 0.1) is 5.92 Å². The van der Waals surface area contributed by atoms with Crippen LogP contribution in [0.2, 0.25) is 0 Å². The molecule has 1 aliphatic carbocycles. The maximum Gasteiger partial charge on any atom is 0.0568 e. The molecular weight excluding hydrogens is 206 g/mol. The highest BCUT2D eigenvalue weighted by atomic mass is 32.2. The second-order valence-corrected chi connectivity index (χ2v) is 6.07. The van der Waals surface area contributed by atoms with E-state index in [-0.39, 0.29) is 6.10 Å². The van der Waals surface area contributed by atoms with Gasteiger partial charge in [0.05, 0.1) is 6.10 Å². The maximum atomic E-state index is 9.68. The number of hydrogen-bond acceptors (Lipinski definition) is 3. The predicted molar refractivity (Wildman–Crippen MR) is 66.3 cm³/mol. The Kier molecular flexibility index (Phi) is 4.79. The molecule has 0 spiro atoms. The van der Waals surface area contributed by atoms with Crippen LogP contribution in [0.25, 0.3) is 0 Å². The highest BCUT2D eigenvalue weighted by molar-refractivity contribution is 7.99. The summed E-state index contributed by atoms with van der Waals surface area (Å²) in [4.78, 5) is 0. The van der Waals surface area contributed by atoms with Crippen LogP contribution in [0.4, 0.5) is 0 Å². The number of nitrogens with one attached hydrogen (secondary N) is 1. The van der Waals surface area contributed by atoms with Crippen molar-refractivity contribution < 1.29 is 5.11 Å². The first-order valence-corrected chi connectivity index (χ1v) is 7.51. The summed E-state index contributed by atoms with van der Waals surface area (Å²) in [7, 11) is 0. The van der Waals surface area contributed by atoms with Crippen molar-refractivity contribution in [1.29, 1.82) is 0 Å². The van der Waals surface area contributed by atoms with E-state index < -0.39 is 0 Å². The Balaban J connectivity index is 1.51. The van der Waals surface area contributed by atoms with E-state index in [4.69, 9.17) is 0 Å². The molecule has 3 atom stereocenters. The molecule has 0 aromatic rings. The minimum atomic E-state index is 0.00651. The Morgan fingerprint density at radius 2 is 2.20 bits per heavy atom. The number of rotatable bonds is 5. The zero-order valence-electron chi connectivity index (χ0n) is 9.45. The number of aliphatic hydroxyl groups is 1. The molecule has 0 bridgehead atoms. The molecule has 0 aromatic carbocycles. The van der Waals surface area contributed by atoms with Gasteiger partial charge in [0.1, 0.15) is 0 Å². The van der Waals surface area contributed by atoms with E-state index in [2.05, 4.69) is 17.1 Å². The fourth-order valence-electron chi connectivity index (χ4n) is 2.72. The Bertz CT molecular complexity index is 182. The van der Waals surface area contributed by atoms with Gasteiger partial charge in [-0.05, 0) is 50.3 Å². The average molecular weight is 229 g/mol. The van der Waals surface area contributed by atoms with Crippen molar-refractivity contribution in [3.63, 3.8) is 0 Å². The first-order valence-electron chi connectivity index (χ1n) is 6.35. The van der Waals surface area contributed by atoms with Gasteiger partial charge in [-0.3, -0.25) is 0 Å². The molecule has 2 nitrogen and oxygen atoms in total. The van der Waals surface area contributed by atoms with Crippen LogP contribution in [-0.4, -0.2) is 35.3 Å². The zero-order chi connectivity index (χ0) is 10.5. The van der Waals surface area contributed by atoms with Crippen molar-refractivity contribution in [2.45, 2.75) is 50.7 Å². The van der Waals surface area contributed by atoms with Crippen LogP contribution in [0.15, 0.2) is 0 Å². The van der Waals surface area contributed by atoms with E-state index in [1.807, 2.05) is 0 Å². The highest BCUT2D eigenvalue weighted by Gasteiger charge is 2.24. The van der Waals surface area contributed by atoms with Crippen LogP contribution in [0.5, 0.6) is 0 Å². The molecule has 15 heavy (non-hydrogen) atoms. The SMILES string of the molecule is OC1CCCC1CCCNC1CCSC1. The summed E-state index contributed by atoms with van der Waals surface area (Å²) in [5, 5.41) is 13.3. The lowest BCUT2D eigenvalue weighted by atomic mass is 10.00. The topological polar surface area (TPSA) is 32.3 Å². The Morgan fingerprint density at radius 3 is 2.87 bits per heavy atom. The second kappa shape index (κ2) is 6.12. The molecule has 2 N–H and O–H groups in total. The minimum absolute atomic E-state index is 0.00651. The molecule has 1 saturated carbocycles. The molecule has 2 aliphatic rings. The summed E-state index contributed by atoms with van der Waals surface area (Å²) in [6.45, 7) is 1.15. The van der Waals surface area contributed by atoms with Gasteiger partial charge in [-0.25, -0.2) is 0 Å². The van der Waals surface area contributed by atoms with Gasteiger partial charge < -0.3 is 10.4 Å². The fraction of sp³-hybridized carbons (Fsp3) is 1.00. The van der Waals surface area contributed by atoms with Gasteiger partial charge in [0.25, 0.3) is 0 Å². The molecule has 1 heterocycles. The second-order valence-electron chi connectivity index (χ2n) is 4.92. The molecule has 88 valence electrons. The van der Waals surface area contributed by atoms with E-state index >= 15 is 0 Å². The largest absolute Gasteiger partial charge is 0.393 e. The van der Waals surface area contributed by atoms with Crippen LogP contribution in [0.3, 0.4) is 0 Å². The number of aliphatic hydroxyl groups excluding tert-OH is 1. The third kappa shape index (κ3) is 3.65. The average Bonchev–Trinajstić information content (AvgIpc) is 2.85. The van der Waals surface area contributed by atoms with Gasteiger partial charge in [0, 0.05) is 11.8 Å². The summed E-state index contributed by atoms with van der Waals surface area (Å²) >= 11 is 2.06. The van der Waals surface area contributed by atoms with Crippen molar-refractivity contribution in [3.8, 4) is 0 Å². The summed E-state index contributed by atoms with van der Waals surface area (Å²) in [6, 6.07) is 0.767. The first-order chi connectivity index (χ1) is 7.36. The Labute approximate surface area is 97.2 Å². The zero-order valence-corrected chi connectivity index (χ0v) is 10.3. The van der Waals surface area contributed by atoms with Crippen LogP contribution >= 0.6 is 11.8 Å². The van der Waals surface area contributed by atoms with E-state index in [0.29, 0.717) is 5.92 Å². The van der Waals surface area contributed by atoms with E-state index in [0.717, 1.165) is 19.0 Å². The molecule has 1 aliphatic heterocycles. The summed E-state index contributed by atoms with van der Waals surface area (Å²) in [5.74, 6) is 3.23. The summed E-state index contributed by atoms with van der Waals surface area (Å²) in [6.07, 6.45) is 7.33. The van der Waals surface area contributed by atoms with Gasteiger partial charge in [-0.1, -0.05) is 6.42 Å². The summed E-state index contributed by atoms with van der Waals surface area (Å²) < 4.78 is 0. The molecule has 0 aromatic heterocycles. The molecule has 1 saturated heterocycles. The molecule has 2 fully saturated rings. The lowest BCUT2D eigenvalue weighted by molar-refractivity contribution is 0.126. The minimum Gasteiger partial charge on any atom is -0.393 e. The maximum absolute atomic E-state index is 9.68. The van der Waals surface area contributed by atoms with E-state index in [1.54, 1.807) is 0 Å². The van der Waals surface area contributed by atoms with E-state index in [1.165, 1.54) is 43.6 Å². The fourth-order valence-corrected chi connectivity index (χ4v) is 3.91. The van der Waals surface area contributed by atoms with Crippen LogP contribution < -0.4 is 5.32 Å². The van der Waals surface area contributed by atoms with Crippen molar-refractivity contribution in [2.75, 3.05) is 18.1 Å². The van der Waals surface area contributed by atoms with Gasteiger partial charge in [0.15, 0.2) is 0 Å². The van der Waals surface area contributed by atoms with Crippen LogP contribution in [0.1, 0.15) is 38.5 Å².